The number of rotatable bonds is 5. The van der Waals surface area contributed by atoms with Crippen molar-refractivity contribution >= 4 is 34.0 Å². The summed E-state index contributed by atoms with van der Waals surface area (Å²) in [5, 5.41) is 6.31. The fourth-order valence-corrected chi connectivity index (χ4v) is 4.86. The van der Waals surface area contributed by atoms with E-state index in [1.807, 2.05) is 30.3 Å². The standard InChI is InChI=1S/C23H22N4O3S/c28-20-13-17-12-16(6-7-18(17)24-20)22(29)26-23-25-21(15-4-2-1-3-5-15)19(31-23)14-27-8-10-30-11-9-27/h1-7,12H,8-11,13-14H2,(H,24,28)(H,25,26,29). The van der Waals surface area contributed by atoms with E-state index in [1.54, 1.807) is 18.2 Å². The van der Waals surface area contributed by atoms with Gasteiger partial charge in [0.25, 0.3) is 5.91 Å². The number of hydrogen-bond donors (Lipinski definition) is 2. The van der Waals surface area contributed by atoms with Crippen LogP contribution in [-0.4, -0.2) is 48.0 Å². The molecule has 1 aromatic heterocycles. The molecule has 3 heterocycles. The van der Waals surface area contributed by atoms with Crippen LogP contribution >= 0.6 is 11.3 Å². The second-order valence-electron chi connectivity index (χ2n) is 7.60. The van der Waals surface area contributed by atoms with E-state index in [0.717, 1.165) is 60.2 Å². The number of benzene rings is 2. The number of nitrogens with one attached hydrogen (secondary N) is 2. The topological polar surface area (TPSA) is 83.6 Å². The second-order valence-corrected chi connectivity index (χ2v) is 8.68. The van der Waals surface area contributed by atoms with Crippen LogP contribution in [0.15, 0.2) is 48.5 Å². The second kappa shape index (κ2) is 8.58. The molecule has 1 saturated heterocycles. The highest BCUT2D eigenvalue weighted by molar-refractivity contribution is 7.16. The molecule has 7 nitrogen and oxygen atoms in total. The molecule has 0 saturated carbocycles. The van der Waals surface area contributed by atoms with E-state index >= 15 is 0 Å². The maximum absolute atomic E-state index is 12.9. The van der Waals surface area contributed by atoms with Crippen molar-refractivity contribution in [1.29, 1.82) is 0 Å². The molecule has 2 N–H and O–H groups in total. The first-order valence-electron chi connectivity index (χ1n) is 10.2. The van der Waals surface area contributed by atoms with E-state index in [0.29, 0.717) is 17.1 Å². The quantitative estimate of drug-likeness (QED) is 0.643. The van der Waals surface area contributed by atoms with Crippen molar-refractivity contribution < 1.29 is 14.3 Å². The number of fused-ring (bicyclic) bond motifs is 1. The monoisotopic (exact) mass is 434 g/mol. The summed E-state index contributed by atoms with van der Waals surface area (Å²) < 4.78 is 5.46. The number of hydrogen-bond acceptors (Lipinski definition) is 6. The van der Waals surface area contributed by atoms with E-state index in [9.17, 15) is 9.59 Å². The normalized spacial score (nSPS) is 16.1. The highest BCUT2D eigenvalue weighted by Crippen LogP contribution is 2.33. The first-order chi connectivity index (χ1) is 15.2. The molecule has 1 fully saturated rings. The van der Waals surface area contributed by atoms with Crippen LogP contribution in [0.4, 0.5) is 10.8 Å². The number of thiazole rings is 1. The summed E-state index contributed by atoms with van der Waals surface area (Å²) in [6.45, 7) is 4.01. The Morgan fingerprint density at radius 3 is 2.77 bits per heavy atom. The summed E-state index contributed by atoms with van der Waals surface area (Å²) in [5.74, 6) is -0.277. The van der Waals surface area contributed by atoms with Crippen LogP contribution in [-0.2, 0) is 22.5 Å². The number of amides is 2. The van der Waals surface area contributed by atoms with Crippen molar-refractivity contribution in [2.75, 3.05) is 36.9 Å². The largest absolute Gasteiger partial charge is 0.379 e. The third-order valence-corrected chi connectivity index (χ3v) is 6.38. The lowest BCUT2D eigenvalue weighted by Crippen LogP contribution is -2.35. The summed E-state index contributed by atoms with van der Waals surface area (Å²) in [4.78, 5) is 32.7. The molecule has 3 aromatic rings. The third-order valence-electron chi connectivity index (χ3n) is 5.43. The van der Waals surface area contributed by atoms with E-state index in [1.165, 1.54) is 11.3 Å². The zero-order chi connectivity index (χ0) is 21.2. The Balaban J connectivity index is 1.39. The van der Waals surface area contributed by atoms with Gasteiger partial charge in [0.1, 0.15) is 0 Å². The van der Waals surface area contributed by atoms with Crippen LogP contribution < -0.4 is 10.6 Å². The zero-order valence-corrected chi connectivity index (χ0v) is 17.7. The zero-order valence-electron chi connectivity index (χ0n) is 16.9. The Morgan fingerprint density at radius 1 is 1.16 bits per heavy atom. The summed E-state index contributed by atoms with van der Waals surface area (Å²) in [6, 6.07) is 15.3. The van der Waals surface area contributed by atoms with Gasteiger partial charge in [0.2, 0.25) is 5.91 Å². The predicted octanol–water partition coefficient (Wildman–Crippen LogP) is 3.39. The van der Waals surface area contributed by atoms with Gasteiger partial charge in [-0.15, -0.1) is 0 Å². The van der Waals surface area contributed by atoms with Crippen molar-refractivity contribution in [1.82, 2.24) is 9.88 Å². The predicted molar refractivity (Wildman–Crippen MR) is 120 cm³/mol. The Labute approximate surface area is 184 Å². The molecule has 0 radical (unpaired) electrons. The van der Waals surface area contributed by atoms with E-state index in [4.69, 9.17) is 9.72 Å². The van der Waals surface area contributed by atoms with Crippen LogP contribution in [0.5, 0.6) is 0 Å². The average molecular weight is 435 g/mol. The molecule has 2 aliphatic heterocycles. The van der Waals surface area contributed by atoms with Crippen LogP contribution in [0, 0.1) is 0 Å². The third kappa shape index (κ3) is 4.36. The van der Waals surface area contributed by atoms with Crippen molar-refractivity contribution in [3.63, 3.8) is 0 Å². The van der Waals surface area contributed by atoms with Gasteiger partial charge in [0.15, 0.2) is 5.13 Å². The lowest BCUT2D eigenvalue weighted by molar-refractivity contribution is -0.115. The van der Waals surface area contributed by atoms with Gasteiger partial charge >= 0.3 is 0 Å². The maximum Gasteiger partial charge on any atom is 0.257 e. The van der Waals surface area contributed by atoms with Gasteiger partial charge in [-0.2, -0.15) is 0 Å². The van der Waals surface area contributed by atoms with Crippen LogP contribution in [0.1, 0.15) is 20.8 Å². The van der Waals surface area contributed by atoms with Gasteiger partial charge in [0.05, 0.1) is 25.3 Å². The molecule has 158 valence electrons. The van der Waals surface area contributed by atoms with Crippen LogP contribution in [0.3, 0.4) is 0 Å². The van der Waals surface area contributed by atoms with E-state index in [2.05, 4.69) is 15.5 Å². The molecule has 5 rings (SSSR count). The molecule has 0 spiro atoms. The molecule has 0 aliphatic carbocycles. The molecule has 2 aliphatic rings. The van der Waals surface area contributed by atoms with Crippen molar-refractivity contribution in [3.05, 3.63) is 64.5 Å². The van der Waals surface area contributed by atoms with Gasteiger partial charge in [-0.3, -0.25) is 19.8 Å². The maximum atomic E-state index is 12.9. The molecule has 0 unspecified atom stereocenters. The lowest BCUT2D eigenvalue weighted by Gasteiger charge is -2.26. The lowest BCUT2D eigenvalue weighted by atomic mass is 10.1. The Morgan fingerprint density at radius 2 is 1.97 bits per heavy atom. The minimum atomic E-state index is -0.228. The van der Waals surface area contributed by atoms with Gasteiger partial charge in [0, 0.05) is 41.3 Å². The number of carbonyl (C=O) groups is 2. The number of nitrogens with zero attached hydrogens (tertiary/aromatic N) is 2. The Bertz CT molecular complexity index is 1120. The minimum absolute atomic E-state index is 0.0484. The highest BCUT2D eigenvalue weighted by Gasteiger charge is 2.21. The Kier molecular flexibility index (Phi) is 5.50. The Hall–Kier alpha value is -3.07. The van der Waals surface area contributed by atoms with Crippen LogP contribution in [0.2, 0.25) is 0 Å². The fraction of sp³-hybridized carbons (Fsp3) is 0.261. The molecule has 2 aromatic carbocycles. The number of ether oxygens (including phenoxy) is 1. The number of morpholine rings is 1. The summed E-state index contributed by atoms with van der Waals surface area (Å²) in [6.07, 6.45) is 0.301. The van der Waals surface area contributed by atoms with Crippen LogP contribution in [0.25, 0.3) is 11.3 Å². The molecule has 31 heavy (non-hydrogen) atoms. The van der Waals surface area contributed by atoms with Gasteiger partial charge < -0.3 is 10.1 Å². The summed E-state index contributed by atoms with van der Waals surface area (Å²) in [5.41, 5.74) is 4.06. The summed E-state index contributed by atoms with van der Waals surface area (Å²) in [7, 11) is 0. The van der Waals surface area contributed by atoms with Gasteiger partial charge in [-0.05, 0) is 23.8 Å². The van der Waals surface area contributed by atoms with Crippen molar-refractivity contribution in [2.24, 2.45) is 0 Å². The van der Waals surface area contributed by atoms with Crippen molar-refractivity contribution in [2.45, 2.75) is 13.0 Å². The average Bonchev–Trinajstić information content (AvgIpc) is 3.36. The van der Waals surface area contributed by atoms with Gasteiger partial charge in [-0.1, -0.05) is 41.7 Å². The molecule has 0 bridgehead atoms. The molecule has 0 atom stereocenters. The number of anilines is 2. The fourth-order valence-electron chi connectivity index (χ4n) is 3.84. The first kappa shape index (κ1) is 19.9. The van der Waals surface area contributed by atoms with E-state index < -0.39 is 0 Å². The SMILES string of the molecule is O=C1Cc2cc(C(=O)Nc3nc(-c4ccccc4)c(CN4CCOCC4)s3)ccc2N1. The minimum Gasteiger partial charge on any atom is -0.379 e. The summed E-state index contributed by atoms with van der Waals surface area (Å²) >= 11 is 1.50. The molecular formula is C23H22N4O3S. The molecule has 8 heteroatoms. The van der Waals surface area contributed by atoms with Gasteiger partial charge in [-0.25, -0.2) is 4.98 Å². The smallest absolute Gasteiger partial charge is 0.257 e. The number of aromatic nitrogens is 1. The number of carbonyl (C=O) groups excluding carboxylic acids is 2. The van der Waals surface area contributed by atoms with Crippen molar-refractivity contribution in [3.8, 4) is 11.3 Å². The highest BCUT2D eigenvalue weighted by atomic mass is 32.1. The molecule has 2 amide bonds. The first-order valence-corrected chi connectivity index (χ1v) is 11.1. The molecular weight excluding hydrogens is 412 g/mol. The van der Waals surface area contributed by atoms with E-state index in [-0.39, 0.29) is 11.8 Å².